The van der Waals surface area contributed by atoms with Crippen LogP contribution in [0.1, 0.15) is 26.2 Å². The second-order valence-electron chi connectivity index (χ2n) is 3.02. The summed E-state index contributed by atoms with van der Waals surface area (Å²) in [5, 5.41) is 2.51. The van der Waals surface area contributed by atoms with Gasteiger partial charge in [0, 0.05) is 13.5 Å². The fourth-order valence-electron chi connectivity index (χ4n) is 1.11. The highest BCUT2D eigenvalue weighted by molar-refractivity contribution is 5.83. The Balaban J connectivity index is 3.97. The highest BCUT2D eigenvalue weighted by Crippen LogP contribution is 2.02. The smallest absolute Gasteiger partial charge is 0.328 e. The zero-order chi connectivity index (χ0) is 11.0. The van der Waals surface area contributed by atoms with E-state index < -0.39 is 12.0 Å². The Hall–Kier alpha value is -1.10. The topological polar surface area (TPSA) is 79.2 Å². The number of hydrogen-bond donors (Lipinski definition) is 1. The van der Waals surface area contributed by atoms with E-state index in [0.717, 1.165) is 12.8 Å². The molecule has 1 unspecified atom stereocenters. The normalized spacial score (nSPS) is 11.9. The van der Waals surface area contributed by atoms with Gasteiger partial charge in [0.2, 0.25) is 5.91 Å². The number of nitrogens with one attached hydrogen (secondary N) is 2. The number of methoxy groups -OCH3 is 1. The van der Waals surface area contributed by atoms with Crippen LogP contribution in [0.2, 0.25) is 0 Å². The minimum atomic E-state index is -0.566. The van der Waals surface area contributed by atoms with Gasteiger partial charge in [0.1, 0.15) is 6.04 Å². The Morgan fingerprint density at radius 1 is 1.43 bits per heavy atom. The minimum absolute atomic E-state index is 0.244. The summed E-state index contributed by atoms with van der Waals surface area (Å²) >= 11 is 0. The first-order valence-electron chi connectivity index (χ1n) is 4.61. The lowest BCUT2D eigenvalue weighted by molar-refractivity contribution is -0.145. The van der Waals surface area contributed by atoms with Gasteiger partial charge in [-0.2, -0.15) is 0 Å². The van der Waals surface area contributed by atoms with Crippen LogP contribution in [0, 0.1) is 0 Å². The zero-order valence-electron chi connectivity index (χ0n) is 8.63. The van der Waals surface area contributed by atoms with Crippen LogP contribution in [-0.4, -0.2) is 31.6 Å². The standard InChI is InChI=1S/C9H17N2O3/c1-7(12)11-8(9(13)14-2)5-3-4-6-10/h8,10H,3-6H2,1-2H3,(H,11,12). The highest BCUT2D eigenvalue weighted by atomic mass is 16.5. The molecule has 2 N–H and O–H groups in total. The monoisotopic (exact) mass is 201 g/mol. The van der Waals surface area contributed by atoms with E-state index in [2.05, 4.69) is 10.1 Å². The van der Waals surface area contributed by atoms with E-state index in [0.29, 0.717) is 13.0 Å². The maximum Gasteiger partial charge on any atom is 0.328 e. The van der Waals surface area contributed by atoms with Crippen molar-refractivity contribution >= 4 is 11.9 Å². The quantitative estimate of drug-likeness (QED) is 0.489. The Kier molecular flexibility index (Phi) is 6.74. The predicted octanol–water partition coefficient (Wildman–Crippen LogP) is 0.117. The fraction of sp³-hybridized carbons (Fsp3) is 0.778. The molecule has 14 heavy (non-hydrogen) atoms. The van der Waals surface area contributed by atoms with Crippen LogP contribution in [0.4, 0.5) is 0 Å². The molecule has 0 aliphatic heterocycles. The van der Waals surface area contributed by atoms with Crippen LogP contribution in [0.3, 0.4) is 0 Å². The molecular weight excluding hydrogens is 184 g/mol. The van der Waals surface area contributed by atoms with Gasteiger partial charge in [-0.15, -0.1) is 0 Å². The Labute approximate surface area is 84.0 Å². The van der Waals surface area contributed by atoms with Crippen molar-refractivity contribution in [2.24, 2.45) is 0 Å². The first kappa shape index (κ1) is 12.9. The number of amides is 1. The molecule has 0 rings (SSSR count). The van der Waals surface area contributed by atoms with Gasteiger partial charge >= 0.3 is 5.97 Å². The van der Waals surface area contributed by atoms with Crippen LogP contribution in [0.5, 0.6) is 0 Å². The van der Waals surface area contributed by atoms with Crippen molar-refractivity contribution in [3.8, 4) is 0 Å². The number of rotatable bonds is 6. The summed E-state index contributed by atoms with van der Waals surface area (Å²) < 4.78 is 4.54. The molecule has 0 fully saturated rings. The van der Waals surface area contributed by atoms with Crippen molar-refractivity contribution in [3.63, 3.8) is 0 Å². The van der Waals surface area contributed by atoms with Crippen LogP contribution >= 0.6 is 0 Å². The number of ether oxygens (including phenoxy) is 1. The molecule has 1 amide bonds. The van der Waals surface area contributed by atoms with Crippen molar-refractivity contribution < 1.29 is 14.3 Å². The molecule has 0 saturated carbocycles. The summed E-state index contributed by atoms with van der Waals surface area (Å²) in [4.78, 5) is 21.9. The number of hydrogen-bond acceptors (Lipinski definition) is 3. The van der Waals surface area contributed by atoms with Crippen LogP contribution in [-0.2, 0) is 14.3 Å². The van der Waals surface area contributed by atoms with E-state index in [4.69, 9.17) is 5.73 Å². The molecule has 0 aromatic carbocycles. The lowest BCUT2D eigenvalue weighted by Gasteiger charge is -2.14. The second-order valence-corrected chi connectivity index (χ2v) is 3.02. The Bertz CT molecular complexity index is 194. The SMILES string of the molecule is COC(=O)C(CCCC[NH])NC(C)=O. The van der Waals surface area contributed by atoms with Gasteiger partial charge in [-0.1, -0.05) is 0 Å². The van der Waals surface area contributed by atoms with Gasteiger partial charge in [0.05, 0.1) is 7.11 Å². The van der Waals surface area contributed by atoms with E-state index in [9.17, 15) is 9.59 Å². The molecule has 0 aliphatic rings. The third kappa shape index (κ3) is 5.53. The molecule has 1 atom stereocenters. The molecule has 0 bridgehead atoms. The van der Waals surface area contributed by atoms with Crippen molar-refractivity contribution in [3.05, 3.63) is 0 Å². The molecule has 0 aromatic rings. The van der Waals surface area contributed by atoms with E-state index >= 15 is 0 Å². The van der Waals surface area contributed by atoms with Crippen molar-refractivity contribution in [2.45, 2.75) is 32.2 Å². The first-order valence-corrected chi connectivity index (χ1v) is 4.61. The first-order chi connectivity index (χ1) is 6.61. The van der Waals surface area contributed by atoms with Crippen LogP contribution in [0.15, 0.2) is 0 Å². The molecule has 5 heteroatoms. The zero-order valence-corrected chi connectivity index (χ0v) is 8.63. The van der Waals surface area contributed by atoms with Gasteiger partial charge in [-0.05, 0) is 19.3 Å². The molecule has 0 heterocycles. The molecule has 1 radical (unpaired) electrons. The third-order valence-electron chi connectivity index (χ3n) is 1.78. The second kappa shape index (κ2) is 7.32. The summed E-state index contributed by atoms with van der Waals surface area (Å²) in [5.74, 6) is -0.670. The Morgan fingerprint density at radius 2 is 2.07 bits per heavy atom. The summed E-state index contributed by atoms with van der Waals surface area (Å²) in [7, 11) is 1.29. The van der Waals surface area contributed by atoms with Gasteiger partial charge < -0.3 is 10.1 Å². The number of carbonyl (C=O) groups is 2. The van der Waals surface area contributed by atoms with Crippen molar-refractivity contribution in [1.82, 2.24) is 11.1 Å². The molecule has 5 nitrogen and oxygen atoms in total. The third-order valence-corrected chi connectivity index (χ3v) is 1.78. The van der Waals surface area contributed by atoms with Gasteiger partial charge in [-0.25, -0.2) is 4.79 Å². The van der Waals surface area contributed by atoms with E-state index in [1.165, 1.54) is 14.0 Å². The number of carbonyl (C=O) groups excluding carboxylic acids is 2. The minimum Gasteiger partial charge on any atom is -0.467 e. The largest absolute Gasteiger partial charge is 0.467 e. The molecule has 81 valence electrons. The maximum absolute atomic E-state index is 11.2. The van der Waals surface area contributed by atoms with E-state index in [1.807, 2.05) is 0 Å². The van der Waals surface area contributed by atoms with Gasteiger partial charge in [0.15, 0.2) is 0 Å². The molecule has 0 aromatic heterocycles. The van der Waals surface area contributed by atoms with E-state index in [-0.39, 0.29) is 5.91 Å². The summed E-state index contributed by atoms with van der Waals surface area (Å²) in [6, 6.07) is -0.566. The average molecular weight is 201 g/mol. The molecule has 0 spiro atoms. The lowest BCUT2D eigenvalue weighted by Crippen LogP contribution is -2.40. The van der Waals surface area contributed by atoms with Crippen molar-refractivity contribution in [2.75, 3.05) is 13.7 Å². The van der Waals surface area contributed by atoms with Gasteiger partial charge in [0.25, 0.3) is 0 Å². The van der Waals surface area contributed by atoms with Crippen LogP contribution in [0.25, 0.3) is 0 Å². The molecule has 0 saturated heterocycles. The summed E-state index contributed by atoms with van der Waals surface area (Å²) in [5.41, 5.74) is 6.94. The summed E-state index contributed by atoms with van der Waals surface area (Å²) in [6.07, 6.45) is 2.00. The van der Waals surface area contributed by atoms with Gasteiger partial charge in [-0.3, -0.25) is 10.5 Å². The highest BCUT2D eigenvalue weighted by Gasteiger charge is 2.18. The van der Waals surface area contributed by atoms with Crippen LogP contribution < -0.4 is 11.1 Å². The number of unbranched alkanes of at least 4 members (excludes halogenated alkanes) is 1. The molecule has 0 aliphatic carbocycles. The molecular formula is C9H17N2O3. The predicted molar refractivity (Wildman–Crippen MR) is 51.4 cm³/mol. The van der Waals surface area contributed by atoms with E-state index in [1.54, 1.807) is 0 Å². The summed E-state index contributed by atoms with van der Waals surface area (Å²) in [6.45, 7) is 1.70. The lowest BCUT2D eigenvalue weighted by atomic mass is 10.1. The number of esters is 1. The van der Waals surface area contributed by atoms with Crippen molar-refractivity contribution in [1.29, 1.82) is 0 Å². The fourth-order valence-corrected chi connectivity index (χ4v) is 1.11. The Morgan fingerprint density at radius 3 is 2.50 bits per heavy atom. The average Bonchev–Trinajstić information content (AvgIpc) is 2.15. The maximum atomic E-state index is 11.2.